The number of nitrogens with one attached hydrogen (secondary N) is 2. The number of aromatic nitrogens is 2. The number of nitrogens with zero attached hydrogens (tertiary/aromatic N) is 2. The van der Waals surface area contributed by atoms with Crippen LogP contribution in [0, 0.1) is 11.7 Å². The van der Waals surface area contributed by atoms with E-state index in [1.54, 1.807) is 0 Å². The number of piperidine rings is 1. The second-order valence-electron chi connectivity index (χ2n) is 6.63. The third-order valence-electron chi connectivity index (χ3n) is 4.77. The first kappa shape index (κ1) is 18.1. The minimum atomic E-state index is -0.256. The molecule has 7 heteroatoms. The van der Waals surface area contributed by atoms with Crippen molar-refractivity contribution in [1.82, 2.24) is 20.2 Å². The van der Waals surface area contributed by atoms with Gasteiger partial charge in [-0.15, -0.1) is 0 Å². The van der Waals surface area contributed by atoms with E-state index in [0.29, 0.717) is 24.6 Å². The van der Waals surface area contributed by atoms with Crippen LogP contribution in [0.2, 0.25) is 0 Å². The van der Waals surface area contributed by atoms with E-state index in [1.807, 2.05) is 17.0 Å². The number of carbonyl (C=O) groups excluding carboxylic acids is 2. The topological polar surface area (TPSA) is 78.1 Å². The molecule has 1 saturated heterocycles. The lowest BCUT2D eigenvalue weighted by molar-refractivity contribution is -0.132. The monoisotopic (exact) mass is 358 g/mol. The average Bonchev–Trinajstić information content (AvgIpc) is 3.19. The van der Waals surface area contributed by atoms with Crippen LogP contribution in [-0.4, -0.2) is 46.3 Å². The van der Waals surface area contributed by atoms with E-state index in [-0.39, 0.29) is 17.6 Å². The summed E-state index contributed by atoms with van der Waals surface area (Å²) in [7, 11) is 0. The van der Waals surface area contributed by atoms with Crippen LogP contribution in [0.4, 0.5) is 4.39 Å². The van der Waals surface area contributed by atoms with Crippen LogP contribution in [0.25, 0.3) is 0 Å². The Bertz CT molecular complexity index is 723. The Balaban J connectivity index is 1.36. The number of benzene rings is 1. The average molecular weight is 358 g/mol. The van der Waals surface area contributed by atoms with Crippen molar-refractivity contribution in [2.75, 3.05) is 19.6 Å². The Morgan fingerprint density at radius 3 is 2.62 bits per heavy atom. The van der Waals surface area contributed by atoms with Crippen molar-refractivity contribution < 1.29 is 14.0 Å². The van der Waals surface area contributed by atoms with Crippen molar-refractivity contribution in [3.05, 3.63) is 53.9 Å². The van der Waals surface area contributed by atoms with Crippen LogP contribution < -0.4 is 5.32 Å². The second kappa shape index (κ2) is 8.60. The highest BCUT2D eigenvalue weighted by molar-refractivity contribution is 5.92. The fourth-order valence-electron chi connectivity index (χ4n) is 3.26. The molecule has 1 aromatic heterocycles. The highest BCUT2D eigenvalue weighted by Gasteiger charge is 2.22. The van der Waals surface area contributed by atoms with Gasteiger partial charge in [0.1, 0.15) is 11.5 Å². The molecule has 0 saturated carbocycles. The number of halogens is 1. The smallest absolute Gasteiger partial charge is 0.269 e. The van der Waals surface area contributed by atoms with E-state index in [1.165, 1.54) is 24.7 Å². The standard InChI is InChI=1S/C19H23FN4O2/c20-16-3-1-14(2-4-16)11-15-6-9-24(10-7-15)18(25)5-8-22-19(26)17-12-21-13-23-17/h1-4,12-13,15H,5-11H2,(H,21,23)(H,22,26). The Labute approximate surface area is 151 Å². The van der Waals surface area contributed by atoms with Crippen molar-refractivity contribution in [2.45, 2.75) is 25.7 Å². The molecule has 2 amide bonds. The molecular formula is C19H23FN4O2. The van der Waals surface area contributed by atoms with Crippen molar-refractivity contribution >= 4 is 11.8 Å². The van der Waals surface area contributed by atoms with Gasteiger partial charge in [0.25, 0.3) is 5.91 Å². The van der Waals surface area contributed by atoms with E-state index in [4.69, 9.17) is 0 Å². The summed E-state index contributed by atoms with van der Waals surface area (Å²) < 4.78 is 13.0. The lowest BCUT2D eigenvalue weighted by Crippen LogP contribution is -2.40. The number of amides is 2. The summed E-state index contributed by atoms with van der Waals surface area (Å²) in [5.74, 6) is 0.113. The molecule has 0 aliphatic carbocycles. The highest BCUT2D eigenvalue weighted by Crippen LogP contribution is 2.22. The molecule has 1 aliphatic rings. The van der Waals surface area contributed by atoms with E-state index < -0.39 is 0 Å². The number of H-pyrrole nitrogens is 1. The zero-order chi connectivity index (χ0) is 18.4. The Hall–Kier alpha value is -2.70. The van der Waals surface area contributed by atoms with Crippen molar-refractivity contribution in [1.29, 1.82) is 0 Å². The number of hydrogen-bond acceptors (Lipinski definition) is 3. The number of likely N-dealkylation sites (tertiary alicyclic amines) is 1. The summed E-state index contributed by atoms with van der Waals surface area (Å²) in [6.45, 7) is 1.78. The van der Waals surface area contributed by atoms with Crippen LogP contribution in [0.1, 0.15) is 35.3 Å². The maximum atomic E-state index is 13.0. The van der Waals surface area contributed by atoms with Crippen LogP contribution in [0.3, 0.4) is 0 Å². The molecule has 1 aromatic carbocycles. The van der Waals surface area contributed by atoms with Gasteiger partial charge in [0.2, 0.25) is 5.91 Å². The predicted octanol–water partition coefficient (Wildman–Crippen LogP) is 2.15. The molecule has 0 unspecified atom stereocenters. The van der Waals surface area contributed by atoms with Crippen LogP contribution in [0.15, 0.2) is 36.8 Å². The molecular weight excluding hydrogens is 335 g/mol. The van der Waals surface area contributed by atoms with Gasteiger partial charge in [-0.3, -0.25) is 9.59 Å². The zero-order valence-electron chi connectivity index (χ0n) is 14.6. The highest BCUT2D eigenvalue weighted by atomic mass is 19.1. The van der Waals surface area contributed by atoms with Gasteiger partial charge in [0, 0.05) is 26.1 Å². The van der Waals surface area contributed by atoms with Gasteiger partial charge in [-0.25, -0.2) is 9.37 Å². The summed E-state index contributed by atoms with van der Waals surface area (Å²) >= 11 is 0. The Morgan fingerprint density at radius 2 is 1.96 bits per heavy atom. The van der Waals surface area contributed by atoms with Crippen molar-refractivity contribution in [2.24, 2.45) is 5.92 Å². The van der Waals surface area contributed by atoms with Gasteiger partial charge in [-0.2, -0.15) is 0 Å². The quantitative estimate of drug-likeness (QED) is 0.831. The van der Waals surface area contributed by atoms with E-state index in [9.17, 15) is 14.0 Å². The second-order valence-corrected chi connectivity index (χ2v) is 6.63. The number of imidazole rings is 1. The fraction of sp³-hybridized carbons (Fsp3) is 0.421. The molecule has 3 rings (SSSR count). The lowest BCUT2D eigenvalue weighted by atomic mass is 9.90. The van der Waals surface area contributed by atoms with Crippen LogP contribution in [0.5, 0.6) is 0 Å². The van der Waals surface area contributed by atoms with Crippen LogP contribution >= 0.6 is 0 Å². The maximum absolute atomic E-state index is 13.0. The molecule has 0 spiro atoms. The number of aromatic amines is 1. The minimum absolute atomic E-state index is 0.0649. The molecule has 2 aromatic rings. The molecule has 2 N–H and O–H groups in total. The van der Waals surface area contributed by atoms with Gasteiger partial charge in [0.15, 0.2) is 0 Å². The van der Waals surface area contributed by atoms with E-state index in [2.05, 4.69) is 15.3 Å². The van der Waals surface area contributed by atoms with E-state index in [0.717, 1.165) is 37.9 Å². The maximum Gasteiger partial charge on any atom is 0.269 e. The van der Waals surface area contributed by atoms with Gasteiger partial charge in [-0.1, -0.05) is 12.1 Å². The number of rotatable bonds is 6. The van der Waals surface area contributed by atoms with Crippen molar-refractivity contribution in [3.8, 4) is 0 Å². The molecule has 1 aliphatic heterocycles. The third kappa shape index (κ3) is 4.91. The zero-order valence-corrected chi connectivity index (χ0v) is 14.6. The molecule has 0 bridgehead atoms. The van der Waals surface area contributed by atoms with Gasteiger partial charge in [0.05, 0.1) is 12.5 Å². The largest absolute Gasteiger partial charge is 0.350 e. The fourth-order valence-corrected chi connectivity index (χ4v) is 3.26. The predicted molar refractivity (Wildman–Crippen MR) is 94.9 cm³/mol. The summed E-state index contributed by atoms with van der Waals surface area (Å²) in [5, 5.41) is 2.71. The molecule has 26 heavy (non-hydrogen) atoms. The third-order valence-corrected chi connectivity index (χ3v) is 4.77. The Kier molecular flexibility index (Phi) is 5.99. The van der Waals surface area contributed by atoms with Gasteiger partial charge >= 0.3 is 0 Å². The lowest BCUT2D eigenvalue weighted by Gasteiger charge is -2.32. The van der Waals surface area contributed by atoms with E-state index >= 15 is 0 Å². The first-order valence-electron chi connectivity index (χ1n) is 8.90. The summed E-state index contributed by atoms with van der Waals surface area (Å²) in [6, 6.07) is 6.64. The molecule has 6 nitrogen and oxygen atoms in total. The number of hydrogen-bond donors (Lipinski definition) is 2. The molecule has 1 fully saturated rings. The minimum Gasteiger partial charge on any atom is -0.350 e. The summed E-state index contributed by atoms with van der Waals surface area (Å²) in [6.07, 6.45) is 6.00. The Morgan fingerprint density at radius 1 is 1.23 bits per heavy atom. The summed E-state index contributed by atoms with van der Waals surface area (Å²) in [5.41, 5.74) is 1.52. The first-order chi connectivity index (χ1) is 12.6. The van der Waals surface area contributed by atoms with Gasteiger partial charge in [-0.05, 0) is 42.9 Å². The normalized spacial score (nSPS) is 15.0. The molecule has 2 heterocycles. The molecule has 0 atom stereocenters. The molecule has 0 radical (unpaired) electrons. The summed E-state index contributed by atoms with van der Waals surface area (Å²) in [4.78, 5) is 32.4. The number of carbonyl (C=O) groups is 2. The molecule has 138 valence electrons. The van der Waals surface area contributed by atoms with Crippen LogP contribution in [-0.2, 0) is 11.2 Å². The van der Waals surface area contributed by atoms with Crippen molar-refractivity contribution in [3.63, 3.8) is 0 Å². The SMILES string of the molecule is O=C(NCCC(=O)N1CCC(Cc2ccc(F)cc2)CC1)c1cnc[nH]1. The van der Waals surface area contributed by atoms with Gasteiger partial charge < -0.3 is 15.2 Å². The first-order valence-corrected chi connectivity index (χ1v) is 8.90.